The molecule has 0 aliphatic heterocycles. The Hall–Kier alpha value is -3.65. The molecule has 0 aliphatic rings. The molecule has 0 aromatic heterocycles. The Balaban J connectivity index is 0.000000828. The second kappa shape index (κ2) is 18.5. The van der Waals surface area contributed by atoms with Crippen LogP contribution in [0.3, 0.4) is 0 Å². The van der Waals surface area contributed by atoms with Gasteiger partial charge in [0.2, 0.25) is 58.2 Å². The van der Waals surface area contributed by atoms with Crippen LogP contribution in [0.4, 0.5) is 87.8 Å². The molecule has 0 saturated carbocycles. The fourth-order valence-electron chi connectivity index (χ4n) is 2.59. The molecule has 4 rings (SSSR count). The molecule has 0 spiro atoms. The van der Waals surface area contributed by atoms with E-state index in [0.717, 1.165) is 12.1 Å². The number of rotatable bonds is 4. The van der Waals surface area contributed by atoms with Crippen LogP contribution in [0.25, 0.3) is 0 Å². The first-order valence-corrected chi connectivity index (χ1v) is 10.9. The molecular formula is C24H2BBrF20MgO3. The molecule has 0 fully saturated rings. The van der Waals surface area contributed by atoms with Gasteiger partial charge >= 0.3 is 30.4 Å². The summed E-state index contributed by atoms with van der Waals surface area (Å²) in [6, 6.07) is 2.05. The van der Waals surface area contributed by atoms with Crippen molar-refractivity contribution in [2.75, 3.05) is 0 Å². The second-order valence-corrected chi connectivity index (χ2v) is 7.73. The maximum Gasteiger partial charge on any atom is 2.00 e. The Morgan fingerprint density at radius 3 is 0.680 bits per heavy atom. The largest absolute Gasteiger partial charge is 2.00 e. The van der Waals surface area contributed by atoms with Gasteiger partial charge in [0.05, 0.1) is 58.2 Å². The van der Waals surface area contributed by atoms with E-state index < -0.39 is 135 Å². The normalized spacial score (nSPS) is 10.2. The minimum atomic E-state index is -3.23. The van der Waals surface area contributed by atoms with E-state index >= 15 is 0 Å². The number of benzene rings is 4. The molecule has 4 aromatic carbocycles. The van der Waals surface area contributed by atoms with Crippen LogP contribution in [0.5, 0.6) is 11.5 Å². The van der Waals surface area contributed by atoms with Crippen molar-refractivity contribution in [2.45, 2.75) is 0 Å². The Morgan fingerprint density at radius 1 is 0.320 bits per heavy atom. The third-order valence-electron chi connectivity index (χ3n) is 4.76. The zero-order valence-electron chi connectivity index (χ0n) is 22.5. The number of hydrogen-bond donors (Lipinski definition) is 1. The van der Waals surface area contributed by atoms with Crippen molar-refractivity contribution in [3.05, 3.63) is 128 Å². The first-order valence-electron chi connectivity index (χ1n) is 10.9. The maximum absolute atomic E-state index is 13.3. The SMILES string of the molecule is Br.Fc1[c-]c(F)c(F)c(F)c1F.Fc1[c-]c(F)c(F)c(F)c1F.OB(Oc1c(F)c(F)c(F)c(F)c1F)Oc1c(F)c(F)c(F)c(F)c1F.[Mg+2]. The summed E-state index contributed by atoms with van der Waals surface area (Å²) in [7, 11) is -3.23. The van der Waals surface area contributed by atoms with E-state index in [9.17, 15) is 87.8 Å². The molecule has 268 valence electrons. The summed E-state index contributed by atoms with van der Waals surface area (Å²) in [5, 5.41) is 9.17. The Labute approximate surface area is 289 Å². The van der Waals surface area contributed by atoms with Crippen molar-refractivity contribution < 1.29 is 102 Å². The van der Waals surface area contributed by atoms with E-state index in [0.29, 0.717) is 0 Å². The topological polar surface area (TPSA) is 38.7 Å². The molecular weight excluding hydrogens is 831 g/mol. The third-order valence-corrected chi connectivity index (χ3v) is 4.76. The van der Waals surface area contributed by atoms with Crippen molar-refractivity contribution in [1.29, 1.82) is 0 Å². The van der Waals surface area contributed by atoms with E-state index in [1.54, 1.807) is 0 Å². The monoisotopic (exact) mass is 832 g/mol. The van der Waals surface area contributed by atoms with Gasteiger partial charge in [0.1, 0.15) is 0 Å². The first kappa shape index (κ1) is 46.4. The molecule has 0 amide bonds. The van der Waals surface area contributed by atoms with Gasteiger partial charge in [0.15, 0.2) is 11.5 Å². The van der Waals surface area contributed by atoms with Gasteiger partial charge in [-0.1, -0.05) is 0 Å². The van der Waals surface area contributed by atoms with Crippen LogP contribution in [-0.2, 0) is 0 Å². The van der Waals surface area contributed by atoms with Crippen LogP contribution in [0, 0.1) is 128 Å². The predicted octanol–water partition coefficient (Wildman–Crippen LogP) is 8.07. The van der Waals surface area contributed by atoms with Gasteiger partial charge in [-0.3, -0.25) is 17.6 Å². The van der Waals surface area contributed by atoms with Gasteiger partial charge in [-0.05, 0) is 0 Å². The summed E-state index contributed by atoms with van der Waals surface area (Å²) in [6.07, 6.45) is 0. The second-order valence-electron chi connectivity index (χ2n) is 7.73. The molecule has 0 radical (unpaired) electrons. The average molecular weight is 833 g/mol. The van der Waals surface area contributed by atoms with Crippen molar-refractivity contribution in [3.8, 4) is 11.5 Å². The van der Waals surface area contributed by atoms with Crippen LogP contribution in [-0.4, -0.2) is 35.4 Å². The van der Waals surface area contributed by atoms with Gasteiger partial charge in [0.25, 0.3) is 0 Å². The van der Waals surface area contributed by atoms with E-state index in [1.807, 2.05) is 0 Å². The fraction of sp³-hybridized carbons (Fsp3) is 0. The van der Waals surface area contributed by atoms with Gasteiger partial charge in [-0.2, -0.15) is 17.6 Å². The maximum atomic E-state index is 13.3. The molecule has 0 heterocycles. The Bertz CT molecular complexity index is 1640. The van der Waals surface area contributed by atoms with Crippen molar-refractivity contribution in [2.24, 2.45) is 0 Å². The molecule has 4 aromatic rings. The quantitative estimate of drug-likeness (QED) is 0.0744. The van der Waals surface area contributed by atoms with Crippen molar-refractivity contribution in [3.63, 3.8) is 0 Å². The minimum absolute atomic E-state index is 0. The van der Waals surface area contributed by atoms with Crippen LogP contribution in [0.1, 0.15) is 0 Å². The summed E-state index contributed by atoms with van der Waals surface area (Å²) >= 11 is 0. The summed E-state index contributed by atoms with van der Waals surface area (Å²) < 4.78 is 258. The molecule has 26 heteroatoms. The van der Waals surface area contributed by atoms with E-state index in [4.69, 9.17) is 5.02 Å². The van der Waals surface area contributed by atoms with Gasteiger partial charge in [-0.25, -0.2) is 52.7 Å². The molecule has 1 N–H and O–H groups in total. The van der Waals surface area contributed by atoms with E-state index in [2.05, 4.69) is 9.31 Å². The van der Waals surface area contributed by atoms with Crippen LogP contribution < -0.4 is 9.31 Å². The van der Waals surface area contributed by atoms with E-state index in [-0.39, 0.29) is 40.0 Å². The predicted molar refractivity (Wildman–Crippen MR) is 128 cm³/mol. The summed E-state index contributed by atoms with van der Waals surface area (Å²) in [5.74, 6) is -49.9. The van der Waals surface area contributed by atoms with Crippen LogP contribution in [0.2, 0.25) is 0 Å². The van der Waals surface area contributed by atoms with Crippen molar-refractivity contribution >= 4 is 47.4 Å². The Kier molecular flexibility index (Phi) is 17.2. The van der Waals surface area contributed by atoms with E-state index in [1.165, 1.54) is 0 Å². The summed E-state index contributed by atoms with van der Waals surface area (Å²) in [5.41, 5.74) is 0. The molecule has 0 saturated heterocycles. The number of halogens is 21. The molecule has 0 unspecified atom stereocenters. The van der Waals surface area contributed by atoms with Gasteiger partial charge in [-0.15, -0.1) is 29.1 Å². The third kappa shape index (κ3) is 9.77. The molecule has 0 aliphatic carbocycles. The zero-order valence-corrected chi connectivity index (χ0v) is 25.6. The van der Waals surface area contributed by atoms with Crippen LogP contribution >= 0.6 is 17.0 Å². The minimum Gasteiger partial charge on any atom is -0.496 e. The fourth-order valence-corrected chi connectivity index (χ4v) is 2.59. The molecule has 0 bridgehead atoms. The molecule has 3 nitrogen and oxygen atoms in total. The first-order chi connectivity index (χ1) is 22.1. The summed E-state index contributed by atoms with van der Waals surface area (Å²) in [6.45, 7) is 0. The van der Waals surface area contributed by atoms with Crippen LogP contribution in [0.15, 0.2) is 0 Å². The molecule has 0 atom stereocenters. The zero-order chi connectivity index (χ0) is 37.1. The summed E-state index contributed by atoms with van der Waals surface area (Å²) in [4.78, 5) is 0. The Morgan fingerprint density at radius 2 is 0.480 bits per heavy atom. The number of hydrogen-bond acceptors (Lipinski definition) is 3. The average Bonchev–Trinajstić information content (AvgIpc) is 3.05. The van der Waals surface area contributed by atoms with Gasteiger partial charge < -0.3 is 14.3 Å². The molecule has 50 heavy (non-hydrogen) atoms. The standard InChI is InChI=1S/C12HBF10O3.2C6F5.BrH.Mg/c14-1-3(16)7(20)11(8(21)4(1)17)25-13(24)26-12-9(22)5(18)2(15)6(19)10(12)23;2*7-2-1-3(8)5(10)6(11)4(2)9;;/h24H;;;1H;/q;2*-1;;+2. The van der Waals surface area contributed by atoms with Gasteiger partial charge in [0, 0.05) is 0 Å². The smallest absolute Gasteiger partial charge is 0.496 e. The van der Waals surface area contributed by atoms with Crippen molar-refractivity contribution in [1.82, 2.24) is 0 Å².